The molecule has 0 saturated heterocycles. The first-order chi connectivity index (χ1) is 43.6. The minimum absolute atomic E-state index is 0.132. The maximum atomic E-state index is 12.9. The minimum atomic E-state index is -1.64. The molecule has 89 heavy (non-hydrogen) atoms. The van der Waals surface area contributed by atoms with Gasteiger partial charge in [-0.3, -0.25) is 9.59 Å². The molecule has 0 saturated carbocycles. The third kappa shape index (κ3) is 69.5. The quantitative estimate of drug-likeness (QED) is 0.0195. The summed E-state index contributed by atoms with van der Waals surface area (Å²) in [6, 6.07) is 0. The van der Waals surface area contributed by atoms with Crippen LogP contribution in [-0.2, 0) is 33.3 Å². The van der Waals surface area contributed by atoms with E-state index in [1.807, 2.05) is 21.1 Å². The Balaban J connectivity index is 4.26. The van der Waals surface area contributed by atoms with Crippen molar-refractivity contribution >= 4 is 17.9 Å². The zero-order valence-corrected chi connectivity index (χ0v) is 56.7. The van der Waals surface area contributed by atoms with Crippen LogP contribution in [0.3, 0.4) is 0 Å². The van der Waals surface area contributed by atoms with E-state index in [9.17, 15) is 19.5 Å². The number of quaternary nitrogens is 1. The monoisotopic (exact) mass is 1230 g/mol. The lowest BCUT2D eigenvalue weighted by Gasteiger charge is -2.26. The minimum Gasteiger partial charge on any atom is -0.545 e. The van der Waals surface area contributed by atoms with E-state index >= 15 is 0 Å². The van der Waals surface area contributed by atoms with Gasteiger partial charge in [-0.1, -0.05) is 272 Å². The fourth-order valence-electron chi connectivity index (χ4n) is 8.63. The number of likely N-dealkylation sites (N-methyl/N-ethyl adjacent to an activating group) is 1. The number of carbonyl (C=O) groups is 3. The first-order valence-electron chi connectivity index (χ1n) is 34.6. The summed E-state index contributed by atoms with van der Waals surface area (Å²) in [6.07, 6.45) is 102. The summed E-state index contributed by atoms with van der Waals surface area (Å²) >= 11 is 0. The number of hydrogen-bond donors (Lipinski definition) is 0. The number of unbranched alkanes of at least 4 members (excludes halogenated alkanes) is 14. The zero-order valence-electron chi connectivity index (χ0n) is 56.7. The maximum Gasteiger partial charge on any atom is 0.306 e. The molecule has 498 valence electrons. The fraction of sp³-hybridized carbons (Fsp3) is 0.562. The summed E-state index contributed by atoms with van der Waals surface area (Å²) in [5.74, 6) is -2.34. The van der Waals surface area contributed by atoms with Crippen molar-refractivity contribution in [3.8, 4) is 0 Å². The van der Waals surface area contributed by atoms with Gasteiger partial charge in [-0.15, -0.1) is 0 Å². The Hall–Kier alpha value is -5.87. The van der Waals surface area contributed by atoms with Crippen molar-refractivity contribution in [3.05, 3.63) is 194 Å². The van der Waals surface area contributed by atoms with Crippen LogP contribution in [0.5, 0.6) is 0 Å². The molecule has 2 unspecified atom stereocenters. The lowest BCUT2D eigenvalue weighted by atomic mass is 10.1. The third-order valence-corrected chi connectivity index (χ3v) is 13.8. The first-order valence-corrected chi connectivity index (χ1v) is 34.6. The van der Waals surface area contributed by atoms with E-state index in [1.54, 1.807) is 0 Å². The molecule has 0 aliphatic rings. The van der Waals surface area contributed by atoms with Crippen LogP contribution in [0.15, 0.2) is 194 Å². The summed E-state index contributed by atoms with van der Waals surface area (Å²) in [5, 5.41) is 11.8. The van der Waals surface area contributed by atoms with E-state index in [2.05, 4.69) is 208 Å². The highest BCUT2D eigenvalue weighted by Gasteiger charge is 2.22. The highest BCUT2D eigenvalue weighted by molar-refractivity contribution is 5.70. The lowest BCUT2D eigenvalue weighted by molar-refractivity contribution is -0.870. The van der Waals surface area contributed by atoms with Crippen molar-refractivity contribution < 1.29 is 42.9 Å². The Kier molecular flexibility index (Phi) is 63.6. The van der Waals surface area contributed by atoms with Crippen molar-refractivity contribution in [3.63, 3.8) is 0 Å². The standard InChI is InChI=1S/C80H125NO8/c1-6-8-10-12-14-16-18-20-22-24-26-28-30-32-34-35-36-37-38-39-40-41-42-43-45-47-49-51-53-55-57-59-61-63-65-67-69-71-78(83)89-76(75-88-80(79(84)85)86-73-72-81(3,4)5)74-87-77(82)70-68-66-64-62-60-58-56-54-52-50-48-46-44-33-31-29-27-25-23-21-19-17-15-13-11-9-7-2/h8-11,14-17,20-23,26-29,32-34,36-37,39-40,42-44,47-50,54,56,76,80H,6-7,12-13,18-19,24-25,30-31,35,38,41,45-46,51-53,55,57-75H2,1-5H3/b10-8-,11-9-,16-14-,17-15-,22-20-,23-21-,28-26-,29-27-,34-32-,37-36-,40-39-,43-42-,44-33-,49-47-,50-48-,56-54-. The topological polar surface area (TPSA) is 111 Å². The SMILES string of the molecule is CC/C=C\C/C=C\C/C=C\C/C=C\C/C=C\C/C=C\C/C=C\C/C=C\C/C=C\CCCCCCCCCCCC(=O)OC(COC(=O)CCCCCCC/C=C\C/C=C\C/C=C\C/C=C\C/C=C\C/C=C\C/C=C\CC)COC(OCC[N+](C)(C)C)C(=O)[O-]. The normalized spacial score (nSPS) is 13.9. The molecule has 0 bridgehead atoms. The highest BCUT2D eigenvalue weighted by Crippen LogP contribution is 2.14. The number of hydrogen-bond acceptors (Lipinski definition) is 8. The molecule has 0 radical (unpaired) electrons. The number of esters is 2. The Morgan fingerprint density at radius 1 is 0.337 bits per heavy atom. The van der Waals surface area contributed by atoms with Crippen LogP contribution in [0.25, 0.3) is 0 Å². The molecule has 0 aromatic rings. The first kappa shape index (κ1) is 83.1. The smallest absolute Gasteiger partial charge is 0.306 e. The molecular formula is C80H125NO8. The molecule has 9 heteroatoms. The fourth-order valence-corrected chi connectivity index (χ4v) is 8.63. The van der Waals surface area contributed by atoms with Gasteiger partial charge in [0.25, 0.3) is 0 Å². The average Bonchev–Trinajstić information content (AvgIpc) is 3.70. The van der Waals surface area contributed by atoms with Crippen molar-refractivity contribution in [2.24, 2.45) is 0 Å². The molecule has 0 aliphatic heterocycles. The van der Waals surface area contributed by atoms with E-state index in [-0.39, 0.29) is 38.6 Å². The van der Waals surface area contributed by atoms with Crippen LogP contribution < -0.4 is 5.11 Å². The summed E-state index contributed by atoms with van der Waals surface area (Å²) in [7, 11) is 5.90. The number of rotatable bonds is 61. The van der Waals surface area contributed by atoms with Gasteiger partial charge in [-0.05, 0) is 141 Å². The van der Waals surface area contributed by atoms with Crippen molar-refractivity contribution in [1.29, 1.82) is 0 Å². The number of aliphatic carboxylic acids is 1. The van der Waals surface area contributed by atoms with Gasteiger partial charge < -0.3 is 33.3 Å². The van der Waals surface area contributed by atoms with E-state index in [1.165, 1.54) is 32.1 Å². The van der Waals surface area contributed by atoms with Crippen molar-refractivity contribution in [2.75, 3.05) is 47.5 Å². The number of nitrogens with zero attached hydrogens (tertiary/aromatic N) is 1. The van der Waals surface area contributed by atoms with Gasteiger partial charge in [-0.2, -0.15) is 0 Å². The molecule has 2 atom stereocenters. The second-order valence-electron chi connectivity index (χ2n) is 23.3. The second kappa shape index (κ2) is 68.0. The molecule has 9 nitrogen and oxygen atoms in total. The van der Waals surface area contributed by atoms with Crippen molar-refractivity contribution in [1.82, 2.24) is 0 Å². The molecule has 0 fully saturated rings. The Bertz CT molecular complexity index is 2160. The predicted molar refractivity (Wildman–Crippen MR) is 379 cm³/mol. The maximum absolute atomic E-state index is 12.9. The third-order valence-electron chi connectivity index (χ3n) is 13.8. The average molecular weight is 1230 g/mol. The van der Waals surface area contributed by atoms with Gasteiger partial charge in [0, 0.05) is 12.8 Å². The number of carbonyl (C=O) groups excluding carboxylic acids is 3. The summed E-state index contributed by atoms with van der Waals surface area (Å²) in [4.78, 5) is 37.5. The lowest BCUT2D eigenvalue weighted by Crippen LogP contribution is -2.44. The van der Waals surface area contributed by atoms with Gasteiger partial charge in [0.05, 0.1) is 40.3 Å². The molecule has 0 aromatic carbocycles. The summed E-state index contributed by atoms with van der Waals surface area (Å²) < 4.78 is 22.7. The van der Waals surface area contributed by atoms with E-state index in [0.29, 0.717) is 23.9 Å². The van der Waals surface area contributed by atoms with Crippen molar-refractivity contribution in [2.45, 2.75) is 245 Å². The molecule has 0 rings (SSSR count). The number of carboxylic acid groups (broad SMARTS) is 1. The largest absolute Gasteiger partial charge is 0.545 e. The molecule has 0 amide bonds. The molecular weight excluding hydrogens is 1100 g/mol. The van der Waals surface area contributed by atoms with Crippen LogP contribution in [0.1, 0.15) is 232 Å². The second-order valence-corrected chi connectivity index (χ2v) is 23.3. The molecule has 0 N–H and O–H groups in total. The van der Waals surface area contributed by atoms with E-state index in [4.69, 9.17) is 18.9 Å². The number of ether oxygens (including phenoxy) is 4. The van der Waals surface area contributed by atoms with E-state index < -0.39 is 24.3 Å². The zero-order chi connectivity index (χ0) is 64.7. The van der Waals surface area contributed by atoms with Crippen LogP contribution in [-0.4, -0.2) is 82.3 Å². The number of carboxylic acids is 1. The van der Waals surface area contributed by atoms with Gasteiger partial charge in [-0.25, -0.2) is 0 Å². The summed E-state index contributed by atoms with van der Waals surface area (Å²) in [6.45, 7) is 4.46. The van der Waals surface area contributed by atoms with Gasteiger partial charge in [0.2, 0.25) is 0 Å². The van der Waals surface area contributed by atoms with Crippen LogP contribution >= 0.6 is 0 Å². The Morgan fingerprint density at radius 3 is 0.899 bits per heavy atom. The predicted octanol–water partition coefficient (Wildman–Crippen LogP) is 20.5. The summed E-state index contributed by atoms with van der Waals surface area (Å²) in [5.41, 5.74) is 0. The molecule has 0 aromatic heterocycles. The molecule has 0 aliphatic carbocycles. The van der Waals surface area contributed by atoms with E-state index in [0.717, 1.165) is 161 Å². The highest BCUT2D eigenvalue weighted by atomic mass is 16.7. The molecule has 0 heterocycles. The van der Waals surface area contributed by atoms with Gasteiger partial charge in [0.1, 0.15) is 13.2 Å². The van der Waals surface area contributed by atoms with Crippen LogP contribution in [0.4, 0.5) is 0 Å². The number of allylic oxidation sites excluding steroid dienone is 32. The van der Waals surface area contributed by atoms with Crippen LogP contribution in [0, 0.1) is 0 Å². The Labute approximate surface area is 544 Å². The Morgan fingerprint density at radius 2 is 0.607 bits per heavy atom. The van der Waals surface area contributed by atoms with Crippen LogP contribution in [0.2, 0.25) is 0 Å². The molecule has 0 spiro atoms. The van der Waals surface area contributed by atoms with Gasteiger partial charge in [0.15, 0.2) is 12.4 Å². The van der Waals surface area contributed by atoms with Gasteiger partial charge >= 0.3 is 11.9 Å².